The molecule has 1 unspecified atom stereocenters. The molecule has 0 aromatic heterocycles. The van der Waals surface area contributed by atoms with Gasteiger partial charge in [-0.3, -0.25) is 0 Å². The van der Waals surface area contributed by atoms with Crippen LogP contribution in [0, 0.1) is 0 Å². The third-order valence-electron chi connectivity index (χ3n) is 1.79. The maximum absolute atomic E-state index is 12.0. The first kappa shape index (κ1) is 10.2. The van der Waals surface area contributed by atoms with E-state index in [-0.39, 0.29) is 0 Å². The fourth-order valence-electron chi connectivity index (χ4n) is 1.35. The lowest BCUT2D eigenvalue weighted by molar-refractivity contribution is 0.289. The molecule has 0 aromatic carbocycles. The number of nitrogens with zero attached hydrogens (tertiary/aromatic N) is 1. The van der Waals surface area contributed by atoms with Gasteiger partial charge in [0.25, 0.3) is 0 Å². The lowest BCUT2D eigenvalue weighted by Crippen LogP contribution is -2.44. The van der Waals surface area contributed by atoms with E-state index in [9.17, 15) is 12.9 Å². The summed E-state index contributed by atoms with van der Waals surface area (Å²) in [5.74, 6) is 0.827. The summed E-state index contributed by atoms with van der Waals surface area (Å²) in [7, 11) is 0. The van der Waals surface area contributed by atoms with Crippen molar-refractivity contribution in [1.82, 2.24) is 4.90 Å². The molecule has 1 saturated heterocycles. The third-order valence-corrected chi connectivity index (χ3v) is 2.93. The zero-order valence-corrected chi connectivity index (χ0v) is 7.79. The Balaban J connectivity index is 2.32. The largest absolute Gasteiger partial charge is 0.492 e. The smallest absolute Gasteiger partial charge is 0.448 e. The molecule has 0 aliphatic carbocycles. The van der Waals surface area contributed by atoms with Crippen LogP contribution in [0.3, 0.4) is 0 Å². The molecule has 1 heterocycles. The molecule has 0 spiro atoms. The van der Waals surface area contributed by atoms with Crippen molar-refractivity contribution in [3.63, 3.8) is 0 Å². The zero-order chi connectivity index (χ0) is 9.19. The van der Waals surface area contributed by atoms with E-state index in [1.54, 1.807) is 11.8 Å². The van der Waals surface area contributed by atoms with Gasteiger partial charge in [0.15, 0.2) is 0 Å². The predicted octanol–water partition coefficient (Wildman–Crippen LogP) is 1.81. The number of rotatable bonds is 2. The van der Waals surface area contributed by atoms with E-state index in [0.29, 0.717) is 18.3 Å². The van der Waals surface area contributed by atoms with Gasteiger partial charge in [-0.05, 0) is 6.44 Å². The Hall–Kier alpha value is 0.165. The van der Waals surface area contributed by atoms with E-state index < -0.39 is 13.4 Å². The Labute approximate surface area is 74.7 Å². The summed E-state index contributed by atoms with van der Waals surface area (Å²) >= 11 is 1.75. The molecule has 0 saturated carbocycles. The van der Waals surface area contributed by atoms with Crippen molar-refractivity contribution in [1.29, 1.82) is 0 Å². The Kier molecular flexibility index (Phi) is 3.34. The molecule has 72 valence electrons. The van der Waals surface area contributed by atoms with E-state index in [0.717, 1.165) is 5.75 Å². The van der Waals surface area contributed by atoms with Gasteiger partial charge in [0, 0.05) is 24.1 Å². The standard InChI is InChI=1S/C6H12BF3NS/c1-6-4-11(2-3-12-6)5-7(8,9)10/h6H,2-5H2,1H3/q-1. The highest BCUT2D eigenvalue weighted by Gasteiger charge is 2.28. The highest BCUT2D eigenvalue weighted by molar-refractivity contribution is 7.99. The van der Waals surface area contributed by atoms with Crippen molar-refractivity contribution in [3.05, 3.63) is 0 Å². The van der Waals surface area contributed by atoms with Gasteiger partial charge in [-0.1, -0.05) is 6.92 Å². The summed E-state index contributed by atoms with van der Waals surface area (Å²) in [4.78, 5) is 1.50. The lowest BCUT2D eigenvalue weighted by atomic mass is 9.91. The average Bonchev–Trinajstić information content (AvgIpc) is 1.82. The van der Waals surface area contributed by atoms with Gasteiger partial charge in [-0.15, -0.1) is 0 Å². The second kappa shape index (κ2) is 3.92. The van der Waals surface area contributed by atoms with Gasteiger partial charge in [-0.2, -0.15) is 11.8 Å². The molecule has 12 heavy (non-hydrogen) atoms. The Bertz CT molecular complexity index is 152. The summed E-state index contributed by atoms with van der Waals surface area (Å²) in [6.07, 6.45) is -0.690. The molecule has 1 aliphatic rings. The monoisotopic (exact) mass is 198 g/mol. The zero-order valence-electron chi connectivity index (χ0n) is 6.97. The molecule has 6 heteroatoms. The minimum atomic E-state index is -4.63. The maximum atomic E-state index is 12.0. The Morgan fingerprint density at radius 2 is 2.17 bits per heavy atom. The average molecular weight is 198 g/mol. The van der Waals surface area contributed by atoms with Crippen LogP contribution in [0.25, 0.3) is 0 Å². The maximum Gasteiger partial charge on any atom is 0.492 e. The molecule has 1 rings (SSSR count). The van der Waals surface area contributed by atoms with Crippen molar-refractivity contribution in [2.24, 2.45) is 0 Å². The van der Waals surface area contributed by atoms with Crippen LogP contribution in [-0.4, -0.2) is 42.4 Å². The van der Waals surface area contributed by atoms with Gasteiger partial charge in [0.05, 0.1) is 0 Å². The van der Waals surface area contributed by atoms with Crippen LogP contribution in [0.2, 0.25) is 0 Å². The van der Waals surface area contributed by atoms with Crippen molar-refractivity contribution in [3.8, 4) is 0 Å². The SMILES string of the molecule is CC1CN(C[B-](F)(F)F)CCS1. The van der Waals surface area contributed by atoms with Crippen molar-refractivity contribution < 1.29 is 12.9 Å². The van der Waals surface area contributed by atoms with Gasteiger partial charge in [0.1, 0.15) is 0 Å². The molecule has 0 N–H and O–H groups in total. The van der Waals surface area contributed by atoms with Gasteiger partial charge >= 0.3 is 6.98 Å². The van der Waals surface area contributed by atoms with Crippen molar-refractivity contribution in [2.75, 3.05) is 25.3 Å². The quantitative estimate of drug-likeness (QED) is 0.622. The van der Waals surface area contributed by atoms with Crippen LogP contribution in [0.1, 0.15) is 6.92 Å². The molecular weight excluding hydrogens is 186 g/mol. The first-order valence-electron chi connectivity index (χ1n) is 4.02. The normalized spacial score (nSPS) is 27.5. The fraction of sp³-hybridized carbons (Fsp3) is 1.00. The second-order valence-corrected chi connectivity index (χ2v) is 4.70. The van der Waals surface area contributed by atoms with E-state index in [1.165, 1.54) is 4.90 Å². The number of thioether (sulfide) groups is 1. The molecule has 0 aromatic rings. The van der Waals surface area contributed by atoms with Gasteiger partial charge in [-0.25, -0.2) is 0 Å². The summed E-state index contributed by atoms with van der Waals surface area (Å²) < 4.78 is 35.9. The van der Waals surface area contributed by atoms with Crippen molar-refractivity contribution in [2.45, 2.75) is 12.2 Å². The third kappa shape index (κ3) is 3.71. The number of hydrogen-bond donors (Lipinski definition) is 0. The summed E-state index contributed by atoms with van der Waals surface area (Å²) in [5, 5.41) is 0.344. The van der Waals surface area contributed by atoms with E-state index in [2.05, 4.69) is 0 Å². The molecule has 1 fully saturated rings. The van der Waals surface area contributed by atoms with Gasteiger partial charge in [0.2, 0.25) is 0 Å². The summed E-state index contributed by atoms with van der Waals surface area (Å²) in [6, 6.07) is 0. The van der Waals surface area contributed by atoms with E-state index in [1.807, 2.05) is 6.92 Å². The highest BCUT2D eigenvalue weighted by Crippen LogP contribution is 2.20. The highest BCUT2D eigenvalue weighted by atomic mass is 32.2. The Morgan fingerprint density at radius 3 is 2.67 bits per heavy atom. The molecule has 1 nitrogen and oxygen atoms in total. The van der Waals surface area contributed by atoms with E-state index >= 15 is 0 Å². The minimum absolute atomic E-state index is 0.344. The topological polar surface area (TPSA) is 3.24 Å². The van der Waals surface area contributed by atoms with Crippen LogP contribution in [-0.2, 0) is 0 Å². The van der Waals surface area contributed by atoms with Crippen LogP contribution >= 0.6 is 11.8 Å². The van der Waals surface area contributed by atoms with Gasteiger partial charge < -0.3 is 17.8 Å². The molecule has 0 amide bonds. The number of halogens is 3. The van der Waals surface area contributed by atoms with Crippen molar-refractivity contribution >= 4 is 18.7 Å². The Morgan fingerprint density at radius 1 is 1.50 bits per heavy atom. The number of hydrogen-bond acceptors (Lipinski definition) is 2. The molecule has 0 bridgehead atoms. The van der Waals surface area contributed by atoms with E-state index in [4.69, 9.17) is 0 Å². The summed E-state index contributed by atoms with van der Waals surface area (Å²) in [6.45, 7) is -1.51. The molecule has 1 atom stereocenters. The van der Waals surface area contributed by atoms with Crippen LogP contribution in [0.4, 0.5) is 12.9 Å². The fourth-order valence-corrected chi connectivity index (χ4v) is 2.43. The first-order valence-corrected chi connectivity index (χ1v) is 5.07. The van der Waals surface area contributed by atoms with Crippen LogP contribution in [0.5, 0.6) is 0 Å². The first-order chi connectivity index (χ1) is 5.47. The molecule has 1 aliphatic heterocycles. The molecular formula is C6H12BF3NS-. The molecule has 0 radical (unpaired) electrons. The van der Waals surface area contributed by atoms with Crippen LogP contribution in [0.15, 0.2) is 0 Å². The van der Waals surface area contributed by atoms with Crippen LogP contribution < -0.4 is 0 Å². The second-order valence-electron chi connectivity index (χ2n) is 3.15. The summed E-state index contributed by atoms with van der Waals surface area (Å²) in [5.41, 5.74) is 0. The minimum Gasteiger partial charge on any atom is -0.448 e. The lowest BCUT2D eigenvalue weighted by Gasteiger charge is -2.33. The predicted molar refractivity (Wildman–Crippen MR) is 47.4 cm³/mol.